The summed E-state index contributed by atoms with van der Waals surface area (Å²) in [5.74, 6) is 0. The van der Waals surface area contributed by atoms with E-state index in [2.05, 4.69) is 37.8 Å². The number of rotatable bonds is 2. The normalized spacial score (nSPS) is 14.3. The fraction of sp³-hybridized carbons (Fsp3) is 0.0588. The molecule has 1 aliphatic rings. The molecule has 0 atom stereocenters. The van der Waals surface area contributed by atoms with E-state index in [1.165, 1.54) is 5.39 Å². The molecular weight excluding hydrogens is 290 g/mol. The van der Waals surface area contributed by atoms with Crippen LogP contribution in [0.3, 0.4) is 0 Å². The van der Waals surface area contributed by atoms with Gasteiger partial charge in [-0.25, -0.2) is 0 Å². The van der Waals surface area contributed by atoms with E-state index in [9.17, 15) is 4.79 Å². The molecule has 4 rings (SSSR count). The zero-order valence-corrected chi connectivity index (χ0v) is 12.1. The Morgan fingerprint density at radius 2 is 1.43 bits per heavy atom. The molecule has 0 N–H and O–H groups in total. The third-order valence-corrected chi connectivity index (χ3v) is 3.31. The minimum atomic E-state index is -1.23. The van der Waals surface area contributed by atoms with Gasteiger partial charge in [0.1, 0.15) is 0 Å². The van der Waals surface area contributed by atoms with E-state index in [1.807, 2.05) is 48.7 Å². The van der Waals surface area contributed by atoms with Crippen molar-refractivity contribution in [3.8, 4) is 0 Å². The summed E-state index contributed by atoms with van der Waals surface area (Å²) in [5, 5.41) is 15.2. The van der Waals surface area contributed by atoms with E-state index in [1.54, 1.807) is 12.1 Å². The standard InChI is InChI=1S/C9H7N.C8H6N4O/c1-2-6-9-8(4-1)5-3-7-10-9;13-6-8(9-11-12-10-8)7-4-2-1-3-5-7/h1-7H;1-6H. The van der Waals surface area contributed by atoms with Crippen LogP contribution < -0.4 is 0 Å². The lowest BCUT2D eigenvalue weighted by molar-refractivity contribution is -0.112. The quantitative estimate of drug-likeness (QED) is 0.668. The first-order valence-corrected chi connectivity index (χ1v) is 7.00. The van der Waals surface area contributed by atoms with Crippen LogP contribution in [0.1, 0.15) is 5.56 Å². The molecule has 2 heterocycles. The summed E-state index contributed by atoms with van der Waals surface area (Å²) in [4.78, 5) is 15.0. The van der Waals surface area contributed by atoms with Crippen molar-refractivity contribution < 1.29 is 4.79 Å². The van der Waals surface area contributed by atoms with Gasteiger partial charge in [-0.15, -0.1) is 10.2 Å². The maximum absolute atomic E-state index is 10.8. The maximum atomic E-state index is 10.8. The lowest BCUT2D eigenvalue weighted by atomic mass is 10.0. The molecule has 0 spiro atoms. The van der Waals surface area contributed by atoms with E-state index in [-0.39, 0.29) is 0 Å². The molecule has 0 saturated heterocycles. The van der Waals surface area contributed by atoms with Gasteiger partial charge in [-0.05, 0) is 22.6 Å². The average Bonchev–Trinajstić information content (AvgIpc) is 3.14. The molecule has 0 amide bonds. The zero-order valence-electron chi connectivity index (χ0n) is 12.1. The van der Waals surface area contributed by atoms with Crippen LogP contribution in [0, 0.1) is 0 Å². The second-order valence-electron chi connectivity index (χ2n) is 4.79. The Balaban J connectivity index is 0.000000140. The van der Waals surface area contributed by atoms with Crippen molar-refractivity contribution in [2.45, 2.75) is 5.66 Å². The first kappa shape index (κ1) is 14.6. The fourth-order valence-corrected chi connectivity index (χ4v) is 2.13. The number of aromatic nitrogens is 1. The van der Waals surface area contributed by atoms with Crippen LogP contribution in [-0.2, 0) is 10.5 Å². The van der Waals surface area contributed by atoms with Gasteiger partial charge in [0.15, 0.2) is 6.29 Å². The summed E-state index contributed by atoms with van der Waals surface area (Å²) >= 11 is 0. The van der Waals surface area contributed by atoms with Gasteiger partial charge in [0, 0.05) is 17.1 Å². The minimum Gasteiger partial charge on any atom is -0.298 e. The Hall–Kier alpha value is -3.28. The second kappa shape index (κ2) is 6.65. The number of hydrogen-bond acceptors (Lipinski definition) is 6. The van der Waals surface area contributed by atoms with Crippen molar-refractivity contribution in [1.82, 2.24) is 4.98 Å². The van der Waals surface area contributed by atoms with Crippen LogP contribution in [0.25, 0.3) is 10.9 Å². The SMILES string of the molecule is O=CC1(c2ccccc2)N=NN=N1.c1ccc2ncccc2c1. The van der Waals surface area contributed by atoms with Gasteiger partial charge in [0.05, 0.1) is 5.52 Å². The highest BCUT2D eigenvalue weighted by molar-refractivity contribution is 5.77. The fourth-order valence-electron chi connectivity index (χ4n) is 2.13. The van der Waals surface area contributed by atoms with Crippen molar-refractivity contribution in [3.05, 3.63) is 78.5 Å². The second-order valence-corrected chi connectivity index (χ2v) is 4.79. The molecule has 23 heavy (non-hydrogen) atoms. The van der Waals surface area contributed by atoms with E-state index < -0.39 is 5.66 Å². The molecule has 6 nitrogen and oxygen atoms in total. The molecule has 0 saturated carbocycles. The molecule has 1 aromatic heterocycles. The van der Waals surface area contributed by atoms with Gasteiger partial charge in [-0.3, -0.25) is 9.78 Å². The van der Waals surface area contributed by atoms with E-state index in [4.69, 9.17) is 0 Å². The summed E-state index contributed by atoms with van der Waals surface area (Å²) in [6, 6.07) is 21.1. The van der Waals surface area contributed by atoms with E-state index in [0.717, 1.165) is 5.52 Å². The van der Waals surface area contributed by atoms with Gasteiger partial charge in [-0.1, -0.05) is 54.6 Å². The number of pyridine rings is 1. The maximum Gasteiger partial charge on any atom is 0.274 e. The Labute approximate surface area is 132 Å². The average molecular weight is 303 g/mol. The van der Waals surface area contributed by atoms with Crippen LogP contribution in [0.5, 0.6) is 0 Å². The summed E-state index contributed by atoms with van der Waals surface area (Å²) in [6.07, 6.45) is 2.44. The predicted octanol–water partition coefficient (Wildman–Crippen LogP) is 4.11. The molecule has 0 radical (unpaired) electrons. The molecule has 1 aliphatic heterocycles. The van der Waals surface area contributed by atoms with Gasteiger partial charge in [0.2, 0.25) is 0 Å². The van der Waals surface area contributed by atoms with Gasteiger partial charge in [0.25, 0.3) is 5.66 Å². The third kappa shape index (κ3) is 3.16. The molecule has 0 aliphatic carbocycles. The van der Waals surface area contributed by atoms with Crippen molar-refractivity contribution >= 4 is 17.2 Å². The smallest absolute Gasteiger partial charge is 0.274 e. The highest BCUT2D eigenvalue weighted by Crippen LogP contribution is 2.29. The Morgan fingerprint density at radius 3 is 2.13 bits per heavy atom. The highest BCUT2D eigenvalue weighted by atomic mass is 16.1. The van der Waals surface area contributed by atoms with Crippen LogP contribution in [0.4, 0.5) is 0 Å². The third-order valence-electron chi connectivity index (χ3n) is 3.31. The molecule has 6 heteroatoms. The zero-order chi connectivity index (χ0) is 16.0. The van der Waals surface area contributed by atoms with Crippen LogP contribution in [0.15, 0.2) is 93.6 Å². The van der Waals surface area contributed by atoms with E-state index in [0.29, 0.717) is 11.8 Å². The van der Waals surface area contributed by atoms with Crippen LogP contribution in [-0.4, -0.2) is 11.3 Å². The molecule has 112 valence electrons. The summed E-state index contributed by atoms with van der Waals surface area (Å²) in [7, 11) is 0. The van der Waals surface area contributed by atoms with Crippen LogP contribution in [0.2, 0.25) is 0 Å². The number of aldehydes is 1. The monoisotopic (exact) mass is 303 g/mol. The van der Waals surface area contributed by atoms with Gasteiger partial charge in [-0.2, -0.15) is 0 Å². The van der Waals surface area contributed by atoms with E-state index >= 15 is 0 Å². The first-order chi connectivity index (χ1) is 11.3. The number of benzene rings is 2. The van der Waals surface area contributed by atoms with Crippen molar-refractivity contribution in [3.63, 3.8) is 0 Å². The van der Waals surface area contributed by atoms with Crippen molar-refractivity contribution in [2.75, 3.05) is 0 Å². The van der Waals surface area contributed by atoms with Crippen molar-refractivity contribution in [2.24, 2.45) is 20.7 Å². The summed E-state index contributed by atoms with van der Waals surface area (Å²) < 4.78 is 0. The highest BCUT2D eigenvalue weighted by Gasteiger charge is 2.34. The number of hydrogen-bond donors (Lipinski definition) is 0. The lowest BCUT2D eigenvalue weighted by Gasteiger charge is -2.11. The van der Waals surface area contributed by atoms with Crippen molar-refractivity contribution in [1.29, 1.82) is 0 Å². The molecule has 2 aromatic carbocycles. The Kier molecular flexibility index (Phi) is 4.24. The summed E-state index contributed by atoms with van der Waals surface area (Å²) in [6.45, 7) is 0. The first-order valence-electron chi connectivity index (χ1n) is 7.00. The molecule has 0 unspecified atom stereocenters. The Bertz CT molecular complexity index is 784. The predicted molar refractivity (Wildman–Crippen MR) is 85.6 cm³/mol. The van der Waals surface area contributed by atoms with Gasteiger partial charge >= 0.3 is 0 Å². The lowest BCUT2D eigenvalue weighted by Crippen LogP contribution is -2.19. The molecule has 0 fully saturated rings. The van der Waals surface area contributed by atoms with Crippen LogP contribution >= 0.6 is 0 Å². The number of carbonyl (C=O) groups excluding carboxylic acids is 1. The number of fused-ring (bicyclic) bond motifs is 1. The Morgan fingerprint density at radius 1 is 0.783 bits per heavy atom. The molecular formula is C17H13N5O. The number of carbonyl (C=O) groups is 1. The summed E-state index contributed by atoms with van der Waals surface area (Å²) in [5.41, 5.74) is 0.501. The number of nitrogens with zero attached hydrogens (tertiary/aromatic N) is 5. The number of para-hydroxylation sites is 1. The topological polar surface area (TPSA) is 79.4 Å². The molecule has 3 aromatic rings. The van der Waals surface area contributed by atoms with Gasteiger partial charge < -0.3 is 0 Å². The minimum absolute atomic E-state index is 0.627. The molecule has 0 bridgehead atoms. The largest absolute Gasteiger partial charge is 0.298 e.